The molecule has 5 nitrogen and oxygen atoms in total. The number of benzene rings is 3. The maximum absolute atomic E-state index is 13.0. The van der Waals surface area contributed by atoms with Crippen LogP contribution in [0.2, 0.25) is 5.02 Å². The smallest absolute Gasteiger partial charge is 0.322 e. The van der Waals surface area contributed by atoms with Crippen molar-refractivity contribution < 1.29 is 26.4 Å². The summed E-state index contributed by atoms with van der Waals surface area (Å²) in [6.45, 7) is 1.83. The van der Waals surface area contributed by atoms with E-state index in [1.54, 1.807) is 12.1 Å². The molecule has 0 aliphatic rings. The van der Waals surface area contributed by atoms with Gasteiger partial charge in [0.15, 0.2) is 0 Å². The predicted octanol–water partition coefficient (Wildman–Crippen LogP) is 5.72. The van der Waals surface area contributed by atoms with Gasteiger partial charge in [0.2, 0.25) is 0 Å². The van der Waals surface area contributed by atoms with Crippen molar-refractivity contribution in [1.29, 1.82) is 0 Å². The van der Waals surface area contributed by atoms with Crippen LogP contribution >= 0.6 is 11.6 Å². The molecular weight excluding hydrogens is 453 g/mol. The van der Waals surface area contributed by atoms with Crippen molar-refractivity contribution in [1.82, 2.24) is 0 Å². The van der Waals surface area contributed by atoms with Crippen molar-refractivity contribution in [2.75, 3.05) is 10.0 Å². The molecule has 3 aromatic rings. The fraction of sp³-hybridized carbons (Fsp3) is 0.0952. The van der Waals surface area contributed by atoms with Crippen molar-refractivity contribution in [3.8, 4) is 0 Å². The topological polar surface area (TPSA) is 75.3 Å². The van der Waals surface area contributed by atoms with Gasteiger partial charge >= 0.3 is 6.18 Å². The van der Waals surface area contributed by atoms with Crippen molar-refractivity contribution in [3.05, 3.63) is 88.4 Å². The molecule has 1 amide bonds. The van der Waals surface area contributed by atoms with Gasteiger partial charge in [-0.05, 0) is 61.5 Å². The Kier molecular flexibility index (Phi) is 6.28. The minimum atomic E-state index is -4.66. The standard InChI is InChI=1S/C21H16ClF3N2O3S/c1-13-2-9-17(10-3-13)31(29,30)27-15-6-4-14(5-7-15)20(28)26-16-8-11-19(22)18(12-16)21(23,24)25/h2-12,27H,1H3,(H,26,28). The average Bonchev–Trinajstić information content (AvgIpc) is 2.69. The maximum Gasteiger partial charge on any atom is 0.417 e. The number of nitrogens with one attached hydrogen (secondary N) is 2. The van der Waals surface area contributed by atoms with Crippen LogP contribution in [0, 0.1) is 6.92 Å². The number of carbonyl (C=O) groups is 1. The zero-order chi connectivity index (χ0) is 22.8. The SMILES string of the molecule is Cc1ccc(S(=O)(=O)Nc2ccc(C(=O)Nc3ccc(Cl)c(C(F)(F)F)c3)cc2)cc1. The Morgan fingerprint density at radius 1 is 0.903 bits per heavy atom. The second-order valence-electron chi connectivity index (χ2n) is 6.64. The van der Waals surface area contributed by atoms with Gasteiger partial charge in [-0.25, -0.2) is 8.42 Å². The lowest BCUT2D eigenvalue weighted by Gasteiger charge is -2.12. The van der Waals surface area contributed by atoms with Gasteiger partial charge in [-0.3, -0.25) is 9.52 Å². The first-order valence-electron chi connectivity index (χ1n) is 8.83. The third-order valence-corrected chi connectivity index (χ3v) is 5.99. The molecular formula is C21H16ClF3N2O3S. The van der Waals surface area contributed by atoms with E-state index in [1.165, 1.54) is 42.5 Å². The first-order chi connectivity index (χ1) is 14.5. The molecule has 0 saturated heterocycles. The lowest BCUT2D eigenvalue weighted by Crippen LogP contribution is -2.15. The summed E-state index contributed by atoms with van der Waals surface area (Å²) in [5.41, 5.74) is 0.126. The fourth-order valence-electron chi connectivity index (χ4n) is 2.64. The molecule has 0 atom stereocenters. The predicted molar refractivity (Wildman–Crippen MR) is 113 cm³/mol. The molecule has 0 spiro atoms. The molecule has 0 heterocycles. The summed E-state index contributed by atoms with van der Waals surface area (Å²) in [7, 11) is -3.80. The molecule has 3 rings (SSSR count). The number of sulfonamides is 1. The highest BCUT2D eigenvalue weighted by Gasteiger charge is 2.33. The number of aryl methyl sites for hydroxylation is 1. The van der Waals surface area contributed by atoms with Crippen LogP contribution in [0.5, 0.6) is 0 Å². The lowest BCUT2D eigenvalue weighted by atomic mass is 10.1. The highest BCUT2D eigenvalue weighted by Crippen LogP contribution is 2.36. The third-order valence-electron chi connectivity index (χ3n) is 4.26. The number of alkyl halides is 3. The minimum absolute atomic E-state index is 0.0779. The van der Waals surface area contributed by atoms with Gasteiger partial charge < -0.3 is 5.32 Å². The molecule has 0 aromatic heterocycles. The Morgan fingerprint density at radius 2 is 1.48 bits per heavy atom. The largest absolute Gasteiger partial charge is 0.417 e. The molecule has 2 N–H and O–H groups in total. The number of rotatable bonds is 5. The highest BCUT2D eigenvalue weighted by atomic mass is 35.5. The Morgan fingerprint density at radius 3 is 2.06 bits per heavy atom. The normalized spacial score (nSPS) is 11.8. The van der Waals surface area contributed by atoms with Gasteiger partial charge in [-0.2, -0.15) is 13.2 Å². The third kappa shape index (κ3) is 5.56. The molecule has 0 bridgehead atoms. The van der Waals surface area contributed by atoms with Crippen molar-refractivity contribution in [2.45, 2.75) is 18.0 Å². The molecule has 0 radical (unpaired) electrons. The monoisotopic (exact) mass is 468 g/mol. The van der Waals surface area contributed by atoms with Crippen LogP contribution in [0.1, 0.15) is 21.5 Å². The second-order valence-corrected chi connectivity index (χ2v) is 8.73. The first kappa shape index (κ1) is 22.6. The van der Waals surface area contributed by atoms with Crippen molar-refractivity contribution in [3.63, 3.8) is 0 Å². The number of hydrogen-bond acceptors (Lipinski definition) is 3. The number of amides is 1. The van der Waals surface area contributed by atoms with E-state index in [1.807, 2.05) is 6.92 Å². The van der Waals surface area contributed by atoms with Gasteiger partial charge in [0, 0.05) is 16.9 Å². The van der Waals surface area contributed by atoms with Gasteiger partial charge in [0.05, 0.1) is 15.5 Å². The maximum atomic E-state index is 13.0. The molecule has 0 aliphatic carbocycles. The Labute approximate surface area is 181 Å². The quantitative estimate of drug-likeness (QED) is 0.503. The van der Waals surface area contributed by atoms with Crippen LogP contribution in [-0.4, -0.2) is 14.3 Å². The van der Waals surface area contributed by atoms with Crippen LogP contribution in [0.3, 0.4) is 0 Å². The Balaban J connectivity index is 1.73. The van der Waals surface area contributed by atoms with Crippen LogP contribution in [0.4, 0.5) is 24.5 Å². The molecule has 162 valence electrons. The molecule has 31 heavy (non-hydrogen) atoms. The van der Waals surface area contributed by atoms with Crippen molar-refractivity contribution in [2.24, 2.45) is 0 Å². The second kappa shape index (κ2) is 8.60. The number of halogens is 4. The Bertz CT molecular complexity index is 1210. The zero-order valence-electron chi connectivity index (χ0n) is 16.0. The highest BCUT2D eigenvalue weighted by molar-refractivity contribution is 7.92. The van der Waals surface area contributed by atoms with E-state index in [9.17, 15) is 26.4 Å². The number of anilines is 2. The summed E-state index contributed by atoms with van der Waals surface area (Å²) in [5.74, 6) is -0.664. The minimum Gasteiger partial charge on any atom is -0.322 e. The zero-order valence-corrected chi connectivity index (χ0v) is 17.6. The molecule has 3 aromatic carbocycles. The lowest BCUT2D eigenvalue weighted by molar-refractivity contribution is -0.137. The van der Waals surface area contributed by atoms with Gasteiger partial charge in [-0.15, -0.1) is 0 Å². The van der Waals surface area contributed by atoms with E-state index >= 15 is 0 Å². The van der Waals surface area contributed by atoms with E-state index in [0.29, 0.717) is 0 Å². The van der Waals surface area contributed by atoms with Gasteiger partial charge in [-0.1, -0.05) is 29.3 Å². The number of carbonyl (C=O) groups excluding carboxylic acids is 1. The summed E-state index contributed by atoms with van der Waals surface area (Å²) >= 11 is 5.57. The number of hydrogen-bond donors (Lipinski definition) is 2. The summed E-state index contributed by atoms with van der Waals surface area (Å²) in [5, 5.41) is 1.88. The van der Waals surface area contributed by atoms with Crippen molar-refractivity contribution >= 4 is 38.9 Å². The summed E-state index contributed by atoms with van der Waals surface area (Å²) in [6.07, 6.45) is -4.66. The van der Waals surface area contributed by atoms with Crippen LogP contribution in [0.25, 0.3) is 0 Å². The first-order valence-corrected chi connectivity index (χ1v) is 10.7. The summed E-state index contributed by atoms with van der Waals surface area (Å²) < 4.78 is 66.1. The van der Waals surface area contributed by atoms with E-state index in [0.717, 1.165) is 17.7 Å². The van der Waals surface area contributed by atoms with Gasteiger partial charge in [0.25, 0.3) is 15.9 Å². The molecule has 0 fully saturated rings. The van der Waals surface area contributed by atoms with Crippen LogP contribution < -0.4 is 10.0 Å². The molecule has 0 unspecified atom stereocenters. The molecule has 0 aliphatic heterocycles. The Hall–Kier alpha value is -3.04. The van der Waals surface area contributed by atoms with E-state index in [-0.39, 0.29) is 21.8 Å². The summed E-state index contributed by atoms with van der Waals surface area (Å²) in [6, 6.07) is 14.8. The van der Waals surface area contributed by atoms with Crippen LogP contribution in [0.15, 0.2) is 71.6 Å². The van der Waals surface area contributed by atoms with E-state index < -0.39 is 32.7 Å². The molecule has 10 heteroatoms. The average molecular weight is 469 g/mol. The summed E-state index contributed by atoms with van der Waals surface area (Å²) in [4.78, 5) is 12.4. The van der Waals surface area contributed by atoms with Gasteiger partial charge in [0.1, 0.15) is 0 Å². The fourth-order valence-corrected chi connectivity index (χ4v) is 3.93. The van der Waals surface area contributed by atoms with E-state index in [2.05, 4.69) is 10.0 Å². The van der Waals surface area contributed by atoms with E-state index in [4.69, 9.17) is 11.6 Å². The molecule has 0 saturated carbocycles. The van der Waals surface area contributed by atoms with Crippen LogP contribution in [-0.2, 0) is 16.2 Å².